The maximum absolute atomic E-state index is 12.3. The maximum Gasteiger partial charge on any atom is 0.238 e. The first kappa shape index (κ1) is 17.0. The molecule has 1 aromatic carbocycles. The molecule has 1 amide bonds. The molecule has 1 aromatic rings. The molecule has 0 radical (unpaired) electrons. The van der Waals surface area contributed by atoms with Gasteiger partial charge in [0.05, 0.1) is 0 Å². The zero-order chi connectivity index (χ0) is 15.9. The van der Waals surface area contributed by atoms with Gasteiger partial charge in [-0.1, -0.05) is 51.1 Å². The van der Waals surface area contributed by atoms with Gasteiger partial charge in [0.15, 0.2) is 0 Å². The molecule has 4 heteroatoms. The van der Waals surface area contributed by atoms with Crippen LogP contribution in [0.4, 0.5) is 0 Å². The van der Waals surface area contributed by atoms with Crippen molar-refractivity contribution >= 4 is 5.91 Å². The van der Waals surface area contributed by atoms with Crippen LogP contribution in [-0.4, -0.2) is 24.5 Å². The number of nitrogens with one attached hydrogen (secondary N) is 3. The number of hydrogen-bond acceptors (Lipinski definition) is 3. The van der Waals surface area contributed by atoms with Crippen LogP contribution in [0.1, 0.15) is 51.5 Å². The molecular weight excluding hydrogens is 274 g/mol. The molecule has 4 nitrogen and oxygen atoms in total. The van der Waals surface area contributed by atoms with Crippen molar-refractivity contribution in [1.82, 2.24) is 16.2 Å². The minimum absolute atomic E-state index is 0.105. The van der Waals surface area contributed by atoms with Crippen LogP contribution in [0.15, 0.2) is 30.3 Å². The molecule has 1 aliphatic heterocycles. The van der Waals surface area contributed by atoms with E-state index in [1.54, 1.807) is 0 Å². The highest BCUT2D eigenvalue weighted by Crippen LogP contribution is 2.18. The molecule has 0 bridgehead atoms. The van der Waals surface area contributed by atoms with Gasteiger partial charge in [-0.15, -0.1) is 0 Å². The first-order valence-corrected chi connectivity index (χ1v) is 8.43. The molecule has 0 aromatic heterocycles. The van der Waals surface area contributed by atoms with Gasteiger partial charge >= 0.3 is 0 Å². The van der Waals surface area contributed by atoms with Gasteiger partial charge in [0, 0.05) is 18.5 Å². The number of carbonyl (C=O) groups excluding carboxylic acids is 1. The van der Waals surface area contributed by atoms with Crippen LogP contribution in [0.2, 0.25) is 0 Å². The fraction of sp³-hybridized carbons (Fsp3) is 0.611. The highest BCUT2D eigenvalue weighted by molar-refractivity contribution is 5.82. The van der Waals surface area contributed by atoms with E-state index in [2.05, 4.69) is 61.2 Å². The fourth-order valence-corrected chi connectivity index (χ4v) is 3.09. The summed E-state index contributed by atoms with van der Waals surface area (Å²) in [5.74, 6) is 1.13. The van der Waals surface area contributed by atoms with Crippen molar-refractivity contribution in [2.24, 2.45) is 5.92 Å². The third-order valence-electron chi connectivity index (χ3n) is 4.34. The summed E-state index contributed by atoms with van der Waals surface area (Å²) in [7, 11) is 0. The molecule has 1 saturated heterocycles. The lowest BCUT2D eigenvalue weighted by Crippen LogP contribution is -2.44. The third-order valence-corrected chi connectivity index (χ3v) is 4.34. The lowest BCUT2D eigenvalue weighted by atomic mass is 9.96. The average Bonchev–Trinajstić information content (AvgIpc) is 2.96. The van der Waals surface area contributed by atoms with Crippen LogP contribution < -0.4 is 16.2 Å². The third kappa shape index (κ3) is 4.82. The van der Waals surface area contributed by atoms with Gasteiger partial charge in [-0.2, -0.15) is 0 Å². The summed E-state index contributed by atoms with van der Waals surface area (Å²) in [6, 6.07) is 10.7. The van der Waals surface area contributed by atoms with E-state index in [4.69, 9.17) is 0 Å². The maximum atomic E-state index is 12.3. The number of rotatable bonds is 7. The normalized spacial score (nSPS) is 22.7. The lowest BCUT2D eigenvalue weighted by molar-refractivity contribution is -0.122. The first-order chi connectivity index (χ1) is 10.6. The van der Waals surface area contributed by atoms with Crippen molar-refractivity contribution < 1.29 is 4.79 Å². The van der Waals surface area contributed by atoms with Crippen molar-refractivity contribution in [1.29, 1.82) is 0 Å². The second kappa shape index (κ2) is 8.30. The molecular formula is C18H29N3O. The van der Waals surface area contributed by atoms with E-state index in [1.165, 1.54) is 5.56 Å². The van der Waals surface area contributed by atoms with Gasteiger partial charge in [-0.05, 0) is 30.7 Å². The van der Waals surface area contributed by atoms with Crippen LogP contribution in [0, 0.1) is 5.92 Å². The van der Waals surface area contributed by atoms with E-state index in [9.17, 15) is 4.79 Å². The van der Waals surface area contributed by atoms with E-state index in [0.717, 1.165) is 19.3 Å². The molecule has 1 fully saturated rings. The fourth-order valence-electron chi connectivity index (χ4n) is 3.09. The van der Waals surface area contributed by atoms with Gasteiger partial charge in [-0.3, -0.25) is 10.2 Å². The zero-order valence-electron chi connectivity index (χ0n) is 13.9. The first-order valence-electron chi connectivity index (χ1n) is 8.43. The number of amides is 1. The average molecular weight is 303 g/mol. The monoisotopic (exact) mass is 303 g/mol. The molecule has 122 valence electrons. The molecule has 3 unspecified atom stereocenters. The standard InChI is InChI=1S/C18H29N3O/c1-4-14(15-8-6-5-7-9-15)12-19-18(22)17-11-16(20-21-17)10-13(2)3/h5-9,13-14,16-17,20-21H,4,10-12H2,1-3H3,(H,19,22). The Morgan fingerprint density at radius 3 is 2.64 bits per heavy atom. The van der Waals surface area contributed by atoms with Crippen LogP contribution in [0.3, 0.4) is 0 Å². The molecule has 3 atom stereocenters. The number of hydrazine groups is 1. The summed E-state index contributed by atoms with van der Waals surface area (Å²) < 4.78 is 0. The minimum Gasteiger partial charge on any atom is -0.354 e. The Hall–Kier alpha value is -1.39. The predicted molar refractivity (Wildman–Crippen MR) is 90.4 cm³/mol. The quantitative estimate of drug-likeness (QED) is 0.726. The van der Waals surface area contributed by atoms with Crippen molar-refractivity contribution in [2.45, 2.75) is 58.0 Å². The largest absolute Gasteiger partial charge is 0.354 e. The molecule has 0 aliphatic carbocycles. The van der Waals surface area contributed by atoms with Crippen molar-refractivity contribution in [3.05, 3.63) is 35.9 Å². The van der Waals surface area contributed by atoms with Crippen LogP contribution >= 0.6 is 0 Å². The Morgan fingerprint density at radius 2 is 2.00 bits per heavy atom. The Bertz CT molecular complexity index is 461. The second-order valence-corrected chi connectivity index (χ2v) is 6.66. The number of benzene rings is 1. The predicted octanol–water partition coefficient (Wildman–Crippen LogP) is 2.58. The highest BCUT2D eigenvalue weighted by atomic mass is 16.2. The minimum atomic E-state index is -0.114. The van der Waals surface area contributed by atoms with Gasteiger partial charge in [0.1, 0.15) is 6.04 Å². The van der Waals surface area contributed by atoms with E-state index in [1.807, 2.05) is 6.07 Å². The molecule has 1 aliphatic rings. The molecule has 0 saturated carbocycles. The van der Waals surface area contributed by atoms with E-state index < -0.39 is 0 Å². The number of hydrogen-bond donors (Lipinski definition) is 3. The molecule has 22 heavy (non-hydrogen) atoms. The Morgan fingerprint density at radius 1 is 1.27 bits per heavy atom. The van der Waals surface area contributed by atoms with Crippen LogP contribution in [0.5, 0.6) is 0 Å². The summed E-state index contributed by atoms with van der Waals surface area (Å²) in [4.78, 5) is 12.3. The van der Waals surface area contributed by atoms with Crippen molar-refractivity contribution in [3.63, 3.8) is 0 Å². The Kier molecular flexibility index (Phi) is 6.40. The highest BCUT2D eigenvalue weighted by Gasteiger charge is 2.29. The van der Waals surface area contributed by atoms with E-state index in [-0.39, 0.29) is 11.9 Å². The Balaban J connectivity index is 1.80. The van der Waals surface area contributed by atoms with Gasteiger partial charge in [0.2, 0.25) is 5.91 Å². The summed E-state index contributed by atoms with van der Waals surface area (Å²) in [5, 5.41) is 3.11. The number of carbonyl (C=O) groups is 1. The van der Waals surface area contributed by atoms with Crippen molar-refractivity contribution in [3.8, 4) is 0 Å². The SMILES string of the molecule is CCC(CNC(=O)C1CC(CC(C)C)NN1)c1ccccc1. The van der Waals surface area contributed by atoms with Gasteiger partial charge in [-0.25, -0.2) is 5.43 Å². The molecule has 2 rings (SSSR count). The molecule has 0 spiro atoms. The van der Waals surface area contributed by atoms with Crippen LogP contribution in [0.25, 0.3) is 0 Å². The Labute approximate surface area is 134 Å². The van der Waals surface area contributed by atoms with E-state index >= 15 is 0 Å². The van der Waals surface area contributed by atoms with Crippen molar-refractivity contribution in [2.75, 3.05) is 6.54 Å². The lowest BCUT2D eigenvalue weighted by Gasteiger charge is -2.18. The van der Waals surface area contributed by atoms with Gasteiger partial charge < -0.3 is 5.32 Å². The molecule has 3 N–H and O–H groups in total. The smallest absolute Gasteiger partial charge is 0.238 e. The van der Waals surface area contributed by atoms with Crippen LogP contribution in [-0.2, 0) is 4.79 Å². The zero-order valence-corrected chi connectivity index (χ0v) is 13.9. The summed E-state index contributed by atoms with van der Waals surface area (Å²) in [5.41, 5.74) is 7.66. The van der Waals surface area contributed by atoms with Gasteiger partial charge in [0.25, 0.3) is 0 Å². The summed E-state index contributed by atoms with van der Waals surface area (Å²) >= 11 is 0. The molecule has 1 heterocycles. The summed E-state index contributed by atoms with van der Waals surface area (Å²) in [6.07, 6.45) is 2.99. The summed E-state index contributed by atoms with van der Waals surface area (Å²) in [6.45, 7) is 7.28. The topological polar surface area (TPSA) is 53.2 Å². The van der Waals surface area contributed by atoms with E-state index in [0.29, 0.717) is 24.4 Å². The second-order valence-electron chi connectivity index (χ2n) is 6.66.